The molecule has 0 N–H and O–H groups in total. The van der Waals surface area contributed by atoms with Gasteiger partial charge in [-0.05, 0) is 49.9 Å². The minimum absolute atomic E-state index is 0.0958. The molecule has 0 aliphatic heterocycles. The Hall–Kier alpha value is -2.82. The number of hydrogen-bond acceptors (Lipinski definition) is 5. The highest BCUT2D eigenvalue weighted by Gasteiger charge is 2.37. The summed E-state index contributed by atoms with van der Waals surface area (Å²) in [6.07, 6.45) is 0.315. The Bertz CT molecular complexity index is 824. The molecule has 27 heavy (non-hydrogen) atoms. The van der Waals surface area contributed by atoms with Crippen LogP contribution >= 0.6 is 0 Å². The van der Waals surface area contributed by atoms with Gasteiger partial charge in [0.05, 0.1) is 11.6 Å². The highest BCUT2D eigenvalue weighted by Crippen LogP contribution is 2.37. The van der Waals surface area contributed by atoms with Crippen LogP contribution in [0.4, 0.5) is 24.8 Å². The topological polar surface area (TPSA) is 62.0 Å². The fourth-order valence-electron chi connectivity index (χ4n) is 3.02. The molecule has 1 aromatic heterocycles. The number of nitriles is 1. The zero-order valence-electron chi connectivity index (χ0n) is 14.8. The summed E-state index contributed by atoms with van der Waals surface area (Å²) in [6, 6.07) is 8.62. The predicted octanol–water partition coefficient (Wildman–Crippen LogP) is 4.85. The number of rotatable bonds is 4. The van der Waals surface area contributed by atoms with Crippen LogP contribution in [-0.4, -0.2) is 23.1 Å². The molecule has 5 nitrogen and oxygen atoms in total. The molecule has 1 aliphatic rings. The molecule has 3 rings (SSSR count). The summed E-state index contributed by atoms with van der Waals surface area (Å²) in [6.45, 7) is 0. The normalized spacial score (nSPS) is 15.2. The summed E-state index contributed by atoms with van der Waals surface area (Å²) in [5, 5.41) is 8.87. The van der Waals surface area contributed by atoms with Gasteiger partial charge >= 0.3 is 6.18 Å². The van der Waals surface area contributed by atoms with Gasteiger partial charge in [-0.1, -0.05) is 6.42 Å². The fraction of sp³-hybridized carbons (Fsp3) is 0.421. The molecule has 142 valence electrons. The van der Waals surface area contributed by atoms with Gasteiger partial charge in [-0.25, -0.2) is 4.98 Å². The third-order valence-electron chi connectivity index (χ3n) is 4.56. The van der Waals surface area contributed by atoms with Crippen molar-refractivity contribution in [2.75, 3.05) is 11.9 Å². The van der Waals surface area contributed by atoms with Gasteiger partial charge in [0.1, 0.15) is 11.7 Å². The van der Waals surface area contributed by atoms with Crippen molar-refractivity contribution in [2.24, 2.45) is 0 Å². The van der Waals surface area contributed by atoms with Crippen LogP contribution in [-0.2, 0) is 6.18 Å². The molecule has 0 spiro atoms. The van der Waals surface area contributed by atoms with E-state index in [1.807, 2.05) is 6.07 Å². The number of benzene rings is 1. The van der Waals surface area contributed by atoms with Crippen molar-refractivity contribution in [1.29, 1.82) is 5.26 Å². The van der Waals surface area contributed by atoms with E-state index in [1.54, 1.807) is 36.2 Å². The smallest absolute Gasteiger partial charge is 0.423 e. The molecular formula is C19H19F3N4O. The van der Waals surface area contributed by atoms with Gasteiger partial charge < -0.3 is 9.64 Å². The zero-order valence-corrected chi connectivity index (χ0v) is 14.8. The van der Waals surface area contributed by atoms with Crippen molar-refractivity contribution < 1.29 is 17.9 Å². The molecule has 0 unspecified atom stereocenters. The van der Waals surface area contributed by atoms with Crippen LogP contribution in [0.5, 0.6) is 5.88 Å². The Morgan fingerprint density at radius 3 is 2.41 bits per heavy atom. The van der Waals surface area contributed by atoms with Crippen molar-refractivity contribution in [3.63, 3.8) is 0 Å². The lowest BCUT2D eigenvalue weighted by Gasteiger charge is -2.25. The third-order valence-corrected chi connectivity index (χ3v) is 4.56. The van der Waals surface area contributed by atoms with Crippen molar-refractivity contribution >= 4 is 11.6 Å². The van der Waals surface area contributed by atoms with Crippen LogP contribution < -0.4 is 9.64 Å². The first kappa shape index (κ1) is 19.0. The Labute approximate surface area is 155 Å². The molecule has 0 saturated heterocycles. The first-order valence-electron chi connectivity index (χ1n) is 8.73. The Kier molecular flexibility index (Phi) is 5.49. The minimum atomic E-state index is -4.59. The number of anilines is 2. The number of nitrogens with zero attached hydrogens (tertiary/aromatic N) is 4. The third kappa shape index (κ3) is 4.48. The summed E-state index contributed by atoms with van der Waals surface area (Å²) in [7, 11) is 1.65. The Balaban J connectivity index is 1.91. The second-order valence-corrected chi connectivity index (χ2v) is 6.48. The highest BCUT2D eigenvalue weighted by molar-refractivity contribution is 5.58. The Morgan fingerprint density at radius 2 is 1.81 bits per heavy atom. The van der Waals surface area contributed by atoms with Gasteiger partial charge in [-0.2, -0.15) is 23.4 Å². The molecule has 0 bridgehead atoms. The van der Waals surface area contributed by atoms with E-state index in [-0.39, 0.29) is 12.1 Å². The molecule has 0 atom stereocenters. The first-order chi connectivity index (χ1) is 12.9. The van der Waals surface area contributed by atoms with E-state index in [0.29, 0.717) is 11.3 Å². The van der Waals surface area contributed by atoms with Gasteiger partial charge in [0.25, 0.3) is 0 Å². The first-order valence-corrected chi connectivity index (χ1v) is 8.73. The maximum Gasteiger partial charge on any atom is 0.423 e. The Morgan fingerprint density at radius 1 is 1.15 bits per heavy atom. The number of ether oxygens (including phenoxy) is 1. The highest BCUT2D eigenvalue weighted by atomic mass is 19.4. The van der Waals surface area contributed by atoms with Gasteiger partial charge in [0.2, 0.25) is 11.8 Å². The minimum Gasteiger partial charge on any atom is -0.474 e. The molecule has 1 aromatic carbocycles. The molecule has 1 aliphatic carbocycles. The van der Waals surface area contributed by atoms with Crippen molar-refractivity contribution in [3.05, 3.63) is 41.6 Å². The molecule has 1 saturated carbocycles. The number of hydrogen-bond donors (Lipinski definition) is 0. The van der Waals surface area contributed by atoms with Crippen LogP contribution in [0.25, 0.3) is 0 Å². The largest absolute Gasteiger partial charge is 0.474 e. The summed E-state index contributed by atoms with van der Waals surface area (Å²) in [4.78, 5) is 9.48. The van der Waals surface area contributed by atoms with Crippen molar-refractivity contribution in [1.82, 2.24) is 9.97 Å². The van der Waals surface area contributed by atoms with E-state index in [9.17, 15) is 13.2 Å². The van der Waals surface area contributed by atoms with Crippen molar-refractivity contribution in [2.45, 2.75) is 44.4 Å². The number of alkyl halides is 3. The second-order valence-electron chi connectivity index (χ2n) is 6.48. The summed E-state index contributed by atoms with van der Waals surface area (Å²) in [5.41, 5.74) is 0.171. The standard InChI is InChI=1S/C19H19F3N4O/c1-26(14-9-7-13(11-23)8-10-14)18-24-12-16(19(20,21)22)17(25-18)27-15-5-3-2-4-6-15/h7-10,12,15H,2-6H2,1H3. The summed E-state index contributed by atoms with van der Waals surface area (Å²) >= 11 is 0. The molecular weight excluding hydrogens is 357 g/mol. The quantitative estimate of drug-likeness (QED) is 0.764. The maximum absolute atomic E-state index is 13.3. The van der Waals surface area contributed by atoms with Crippen LogP contribution in [0.1, 0.15) is 43.2 Å². The lowest BCUT2D eigenvalue weighted by Crippen LogP contribution is -2.23. The average Bonchev–Trinajstić information content (AvgIpc) is 2.67. The van der Waals surface area contributed by atoms with E-state index in [2.05, 4.69) is 9.97 Å². The van der Waals surface area contributed by atoms with E-state index >= 15 is 0 Å². The second kappa shape index (κ2) is 7.82. The van der Waals surface area contributed by atoms with Crippen LogP contribution in [0.15, 0.2) is 30.5 Å². The molecule has 0 amide bonds. The van der Waals surface area contributed by atoms with E-state index in [0.717, 1.165) is 38.3 Å². The van der Waals surface area contributed by atoms with Gasteiger partial charge in [-0.15, -0.1) is 0 Å². The fourth-order valence-corrected chi connectivity index (χ4v) is 3.02. The molecule has 1 heterocycles. The van der Waals surface area contributed by atoms with Gasteiger partial charge in [0.15, 0.2) is 0 Å². The summed E-state index contributed by atoms with van der Waals surface area (Å²) in [5.74, 6) is -0.335. The predicted molar refractivity (Wildman–Crippen MR) is 93.8 cm³/mol. The average molecular weight is 376 g/mol. The SMILES string of the molecule is CN(c1ccc(C#N)cc1)c1ncc(C(F)(F)F)c(OC2CCCCC2)n1. The number of halogens is 3. The van der Waals surface area contributed by atoms with Gasteiger partial charge in [-0.3, -0.25) is 0 Å². The molecule has 2 aromatic rings. The van der Waals surface area contributed by atoms with E-state index in [4.69, 9.17) is 10.00 Å². The van der Waals surface area contributed by atoms with Crippen LogP contribution in [0.2, 0.25) is 0 Å². The van der Waals surface area contributed by atoms with E-state index in [1.165, 1.54) is 0 Å². The van der Waals surface area contributed by atoms with E-state index < -0.39 is 17.6 Å². The maximum atomic E-state index is 13.3. The zero-order chi connectivity index (χ0) is 19.4. The van der Waals surface area contributed by atoms with Crippen LogP contribution in [0.3, 0.4) is 0 Å². The van der Waals surface area contributed by atoms with Crippen LogP contribution in [0, 0.1) is 11.3 Å². The van der Waals surface area contributed by atoms with Crippen molar-refractivity contribution in [3.8, 4) is 11.9 Å². The lowest BCUT2D eigenvalue weighted by molar-refractivity contribution is -0.140. The molecule has 1 fully saturated rings. The van der Waals surface area contributed by atoms with Gasteiger partial charge in [0, 0.05) is 18.9 Å². The lowest BCUT2D eigenvalue weighted by atomic mass is 9.98. The summed E-state index contributed by atoms with van der Waals surface area (Å²) < 4.78 is 45.6. The monoisotopic (exact) mass is 376 g/mol. The molecule has 0 radical (unpaired) electrons. The number of aromatic nitrogens is 2. The molecule has 8 heteroatoms.